The van der Waals surface area contributed by atoms with E-state index in [1.807, 2.05) is 0 Å². The molecule has 2 aromatic carbocycles. The van der Waals surface area contributed by atoms with E-state index in [-0.39, 0.29) is 5.75 Å². The lowest BCUT2D eigenvalue weighted by atomic mass is 10.2. The third kappa shape index (κ3) is 3.49. The minimum atomic E-state index is -0.486. The lowest BCUT2D eigenvalue weighted by Gasteiger charge is -2.07. The number of halogens is 1. The first kappa shape index (κ1) is 13.9. The van der Waals surface area contributed by atoms with Gasteiger partial charge in [-0.25, -0.2) is 0 Å². The van der Waals surface area contributed by atoms with Gasteiger partial charge in [0.25, 0.3) is 11.8 Å². The van der Waals surface area contributed by atoms with Crippen LogP contribution < -0.4 is 10.9 Å². The molecule has 2 amide bonds. The average molecular weight is 291 g/mol. The van der Waals surface area contributed by atoms with E-state index in [2.05, 4.69) is 10.9 Å². The Morgan fingerprint density at radius 3 is 2.10 bits per heavy atom. The van der Waals surface area contributed by atoms with Crippen LogP contribution >= 0.6 is 11.6 Å². The number of phenols is 1. The molecule has 0 aliphatic heterocycles. The monoisotopic (exact) mass is 290 g/mol. The van der Waals surface area contributed by atoms with Gasteiger partial charge in [0.05, 0.1) is 0 Å². The molecule has 3 N–H and O–H groups in total. The molecule has 0 saturated heterocycles. The summed E-state index contributed by atoms with van der Waals surface area (Å²) in [5, 5.41) is 9.55. The fraction of sp³-hybridized carbons (Fsp3) is 0. The topological polar surface area (TPSA) is 78.4 Å². The highest BCUT2D eigenvalue weighted by atomic mass is 35.5. The van der Waals surface area contributed by atoms with Crippen molar-refractivity contribution in [3.63, 3.8) is 0 Å². The maximum atomic E-state index is 11.8. The maximum absolute atomic E-state index is 11.8. The number of benzene rings is 2. The van der Waals surface area contributed by atoms with Gasteiger partial charge in [-0.3, -0.25) is 20.4 Å². The van der Waals surface area contributed by atoms with Gasteiger partial charge in [0.1, 0.15) is 5.75 Å². The highest BCUT2D eigenvalue weighted by molar-refractivity contribution is 6.30. The van der Waals surface area contributed by atoms with Crippen LogP contribution in [0.5, 0.6) is 5.75 Å². The summed E-state index contributed by atoms with van der Waals surface area (Å²) in [5.41, 5.74) is 5.20. The van der Waals surface area contributed by atoms with Crippen LogP contribution in [0.15, 0.2) is 48.5 Å². The van der Waals surface area contributed by atoms with Crippen molar-refractivity contribution in [1.82, 2.24) is 10.9 Å². The van der Waals surface area contributed by atoms with Gasteiger partial charge in [0.15, 0.2) is 0 Å². The SMILES string of the molecule is O=C(NNC(=O)c1cccc(Cl)c1)c1ccc(O)cc1. The lowest BCUT2D eigenvalue weighted by Crippen LogP contribution is -2.41. The molecule has 0 spiro atoms. The molecule has 0 heterocycles. The van der Waals surface area contributed by atoms with Gasteiger partial charge in [0.2, 0.25) is 0 Å². The van der Waals surface area contributed by atoms with Gasteiger partial charge in [-0.1, -0.05) is 17.7 Å². The summed E-state index contributed by atoms with van der Waals surface area (Å²) in [7, 11) is 0. The van der Waals surface area contributed by atoms with E-state index in [0.29, 0.717) is 16.1 Å². The van der Waals surface area contributed by atoms with Gasteiger partial charge in [0, 0.05) is 16.1 Å². The summed E-state index contributed by atoms with van der Waals surface area (Å²) in [6.07, 6.45) is 0. The van der Waals surface area contributed by atoms with E-state index in [4.69, 9.17) is 16.7 Å². The number of hydrogen-bond donors (Lipinski definition) is 3. The second kappa shape index (κ2) is 6.08. The Kier molecular flexibility index (Phi) is 4.22. The Morgan fingerprint density at radius 1 is 0.900 bits per heavy atom. The van der Waals surface area contributed by atoms with Crippen molar-refractivity contribution in [2.45, 2.75) is 0 Å². The van der Waals surface area contributed by atoms with E-state index in [0.717, 1.165) is 0 Å². The zero-order valence-electron chi connectivity index (χ0n) is 10.3. The van der Waals surface area contributed by atoms with Crippen LogP contribution in [0.25, 0.3) is 0 Å². The fourth-order valence-electron chi connectivity index (χ4n) is 1.50. The quantitative estimate of drug-likeness (QED) is 0.741. The van der Waals surface area contributed by atoms with Crippen LogP contribution in [0, 0.1) is 0 Å². The van der Waals surface area contributed by atoms with Gasteiger partial charge < -0.3 is 5.11 Å². The summed E-state index contributed by atoms with van der Waals surface area (Å²) in [6.45, 7) is 0. The summed E-state index contributed by atoms with van der Waals surface area (Å²) in [5.74, 6) is -0.899. The van der Waals surface area contributed by atoms with Crippen LogP contribution in [0.4, 0.5) is 0 Å². The van der Waals surface area contributed by atoms with E-state index in [9.17, 15) is 9.59 Å². The zero-order valence-corrected chi connectivity index (χ0v) is 11.0. The van der Waals surface area contributed by atoms with Crippen molar-refractivity contribution >= 4 is 23.4 Å². The predicted molar refractivity (Wildman–Crippen MR) is 74.5 cm³/mol. The minimum Gasteiger partial charge on any atom is -0.508 e. The summed E-state index contributed by atoms with van der Waals surface area (Å²) >= 11 is 5.77. The van der Waals surface area contributed by atoms with E-state index in [1.54, 1.807) is 18.2 Å². The zero-order chi connectivity index (χ0) is 14.5. The molecule has 102 valence electrons. The number of hydrogen-bond acceptors (Lipinski definition) is 3. The number of aromatic hydroxyl groups is 1. The average Bonchev–Trinajstić information content (AvgIpc) is 2.45. The Morgan fingerprint density at radius 2 is 1.50 bits per heavy atom. The van der Waals surface area contributed by atoms with Crippen molar-refractivity contribution in [2.24, 2.45) is 0 Å². The van der Waals surface area contributed by atoms with Gasteiger partial charge in [-0.2, -0.15) is 0 Å². The first-order valence-corrected chi connectivity index (χ1v) is 6.09. The van der Waals surface area contributed by atoms with Crippen molar-refractivity contribution in [3.05, 3.63) is 64.7 Å². The second-order valence-electron chi connectivity index (χ2n) is 3.97. The van der Waals surface area contributed by atoms with Crippen LogP contribution in [-0.2, 0) is 0 Å². The molecule has 5 nitrogen and oxygen atoms in total. The molecule has 0 bridgehead atoms. The Balaban J connectivity index is 1.96. The second-order valence-corrected chi connectivity index (χ2v) is 4.40. The molecule has 6 heteroatoms. The van der Waals surface area contributed by atoms with Crippen molar-refractivity contribution in [3.8, 4) is 5.75 Å². The molecule has 0 unspecified atom stereocenters. The van der Waals surface area contributed by atoms with Crippen LogP contribution in [0.3, 0.4) is 0 Å². The maximum Gasteiger partial charge on any atom is 0.269 e. The lowest BCUT2D eigenvalue weighted by molar-refractivity contribution is 0.0846. The normalized spacial score (nSPS) is 9.85. The molecule has 20 heavy (non-hydrogen) atoms. The molecule has 0 atom stereocenters. The molecule has 0 fully saturated rings. The number of nitrogens with one attached hydrogen (secondary N) is 2. The fourth-order valence-corrected chi connectivity index (χ4v) is 1.69. The van der Waals surface area contributed by atoms with Crippen LogP contribution in [0.1, 0.15) is 20.7 Å². The Labute approximate surface area is 120 Å². The molecule has 2 rings (SSSR count). The summed E-state index contributed by atoms with van der Waals surface area (Å²) < 4.78 is 0. The number of carbonyl (C=O) groups is 2. The number of carbonyl (C=O) groups excluding carboxylic acids is 2. The van der Waals surface area contributed by atoms with Gasteiger partial charge >= 0.3 is 0 Å². The van der Waals surface area contributed by atoms with E-state index >= 15 is 0 Å². The number of rotatable bonds is 2. The Hall–Kier alpha value is -2.53. The molecule has 0 aliphatic carbocycles. The third-order valence-electron chi connectivity index (χ3n) is 2.51. The molecule has 0 aromatic heterocycles. The first-order chi connectivity index (χ1) is 9.56. The standard InChI is InChI=1S/C14H11ClN2O3/c15-11-3-1-2-10(8-11)14(20)17-16-13(19)9-4-6-12(18)7-5-9/h1-8,18H,(H,16,19)(H,17,20). The molecule has 2 aromatic rings. The largest absolute Gasteiger partial charge is 0.508 e. The summed E-state index contributed by atoms with van der Waals surface area (Å²) in [4.78, 5) is 23.5. The smallest absolute Gasteiger partial charge is 0.269 e. The van der Waals surface area contributed by atoms with Crippen LogP contribution in [0.2, 0.25) is 5.02 Å². The molecular formula is C14H11ClN2O3. The molecule has 0 aliphatic rings. The van der Waals surface area contributed by atoms with Crippen molar-refractivity contribution < 1.29 is 14.7 Å². The molecule has 0 saturated carbocycles. The molecule has 0 radical (unpaired) electrons. The first-order valence-electron chi connectivity index (χ1n) is 5.71. The number of hydrazine groups is 1. The summed E-state index contributed by atoms with van der Waals surface area (Å²) in [6, 6.07) is 12.0. The predicted octanol–water partition coefficient (Wildman–Crippen LogP) is 2.12. The highest BCUT2D eigenvalue weighted by Gasteiger charge is 2.09. The number of amides is 2. The third-order valence-corrected chi connectivity index (χ3v) is 2.74. The van der Waals surface area contributed by atoms with Crippen molar-refractivity contribution in [1.29, 1.82) is 0 Å². The molecular weight excluding hydrogens is 280 g/mol. The van der Waals surface area contributed by atoms with E-state index in [1.165, 1.54) is 30.3 Å². The minimum absolute atomic E-state index is 0.0597. The van der Waals surface area contributed by atoms with Gasteiger partial charge in [-0.05, 0) is 42.5 Å². The van der Waals surface area contributed by atoms with E-state index < -0.39 is 11.8 Å². The Bertz CT molecular complexity index is 641. The van der Waals surface area contributed by atoms with Crippen molar-refractivity contribution in [2.75, 3.05) is 0 Å². The van der Waals surface area contributed by atoms with Crippen LogP contribution in [-0.4, -0.2) is 16.9 Å². The highest BCUT2D eigenvalue weighted by Crippen LogP contribution is 2.11. The van der Waals surface area contributed by atoms with Gasteiger partial charge in [-0.15, -0.1) is 0 Å². The number of phenolic OH excluding ortho intramolecular Hbond substituents is 1.